The maximum atomic E-state index is 10.2. The fourth-order valence-electron chi connectivity index (χ4n) is 3.02. The van der Waals surface area contributed by atoms with Gasteiger partial charge in [-0.25, -0.2) is 0 Å². The van der Waals surface area contributed by atoms with Crippen molar-refractivity contribution in [1.29, 1.82) is 0 Å². The first kappa shape index (κ1) is 14.0. The maximum absolute atomic E-state index is 10.2. The molecule has 0 aromatic rings. The lowest BCUT2D eigenvalue weighted by molar-refractivity contribution is 0.0408. The summed E-state index contributed by atoms with van der Waals surface area (Å²) in [5.41, 5.74) is 0.519. The van der Waals surface area contributed by atoms with Gasteiger partial charge in [-0.3, -0.25) is 0 Å². The minimum absolute atomic E-state index is 0.0438. The number of aliphatic hydroxyl groups is 1. The molecule has 1 N–H and O–H groups in total. The lowest BCUT2D eigenvalue weighted by Gasteiger charge is -2.37. The van der Waals surface area contributed by atoms with Gasteiger partial charge in [-0.05, 0) is 49.4 Å². The lowest BCUT2D eigenvalue weighted by Crippen LogP contribution is -2.30. The van der Waals surface area contributed by atoms with Crippen LogP contribution in [0.4, 0.5) is 0 Å². The van der Waals surface area contributed by atoms with Gasteiger partial charge in [0.05, 0.1) is 6.10 Å². The average Bonchev–Trinajstić information content (AvgIpc) is 2.17. The molecule has 16 heavy (non-hydrogen) atoms. The van der Waals surface area contributed by atoms with Crippen LogP contribution < -0.4 is 0 Å². The summed E-state index contributed by atoms with van der Waals surface area (Å²) < 4.78 is 0. The van der Waals surface area contributed by atoms with Gasteiger partial charge in [0.15, 0.2) is 0 Å². The van der Waals surface area contributed by atoms with Crippen molar-refractivity contribution >= 4 is 0 Å². The van der Waals surface area contributed by atoms with E-state index in [2.05, 4.69) is 27.7 Å². The van der Waals surface area contributed by atoms with E-state index in [1.807, 2.05) is 0 Å². The van der Waals surface area contributed by atoms with Gasteiger partial charge in [-0.2, -0.15) is 0 Å². The Morgan fingerprint density at radius 2 is 1.81 bits per heavy atom. The SMILES string of the molecule is CCCC(C)CC(O)C1CCC(C)(C)CC1. The van der Waals surface area contributed by atoms with Crippen LogP contribution in [0.2, 0.25) is 0 Å². The Hall–Kier alpha value is -0.0400. The number of hydrogen-bond donors (Lipinski definition) is 1. The van der Waals surface area contributed by atoms with Gasteiger partial charge in [0.1, 0.15) is 0 Å². The van der Waals surface area contributed by atoms with Crippen molar-refractivity contribution in [3.05, 3.63) is 0 Å². The summed E-state index contributed by atoms with van der Waals surface area (Å²) in [6, 6.07) is 0. The van der Waals surface area contributed by atoms with Crippen LogP contribution in [0.1, 0.15) is 72.6 Å². The third kappa shape index (κ3) is 4.45. The molecule has 0 aromatic heterocycles. The molecule has 0 spiro atoms. The Labute approximate surface area is 102 Å². The Bertz CT molecular complexity index is 188. The molecule has 0 amide bonds. The fraction of sp³-hybridized carbons (Fsp3) is 1.00. The fourth-order valence-corrected chi connectivity index (χ4v) is 3.02. The van der Waals surface area contributed by atoms with Crippen LogP contribution in [0.3, 0.4) is 0 Å². The van der Waals surface area contributed by atoms with Gasteiger partial charge in [-0.15, -0.1) is 0 Å². The van der Waals surface area contributed by atoms with E-state index in [9.17, 15) is 5.11 Å². The summed E-state index contributed by atoms with van der Waals surface area (Å²) in [6.45, 7) is 9.22. The smallest absolute Gasteiger partial charge is 0.0570 e. The molecule has 0 aromatic carbocycles. The largest absolute Gasteiger partial charge is 0.393 e. The molecule has 1 fully saturated rings. The lowest BCUT2D eigenvalue weighted by atomic mass is 9.71. The molecule has 0 saturated heterocycles. The van der Waals surface area contributed by atoms with Crippen molar-refractivity contribution in [2.24, 2.45) is 17.3 Å². The van der Waals surface area contributed by atoms with Gasteiger partial charge in [0, 0.05) is 0 Å². The van der Waals surface area contributed by atoms with Gasteiger partial charge < -0.3 is 5.11 Å². The highest BCUT2D eigenvalue weighted by Crippen LogP contribution is 2.40. The molecule has 1 rings (SSSR count). The van der Waals surface area contributed by atoms with E-state index in [-0.39, 0.29) is 6.10 Å². The zero-order valence-electron chi connectivity index (χ0n) is 11.6. The van der Waals surface area contributed by atoms with Crippen LogP contribution in [0.25, 0.3) is 0 Å². The van der Waals surface area contributed by atoms with Crippen molar-refractivity contribution in [2.45, 2.75) is 78.7 Å². The Morgan fingerprint density at radius 3 is 2.31 bits per heavy atom. The Morgan fingerprint density at radius 1 is 1.25 bits per heavy atom. The van der Waals surface area contributed by atoms with E-state index < -0.39 is 0 Å². The first-order chi connectivity index (χ1) is 7.44. The minimum atomic E-state index is -0.0438. The highest BCUT2D eigenvalue weighted by Gasteiger charge is 2.30. The quantitative estimate of drug-likeness (QED) is 0.737. The molecule has 0 radical (unpaired) electrons. The second-order valence-corrected chi connectivity index (χ2v) is 6.70. The minimum Gasteiger partial charge on any atom is -0.393 e. The molecule has 2 atom stereocenters. The summed E-state index contributed by atoms with van der Waals surface area (Å²) in [5, 5.41) is 10.2. The van der Waals surface area contributed by atoms with Crippen molar-refractivity contribution in [3.63, 3.8) is 0 Å². The van der Waals surface area contributed by atoms with Crippen molar-refractivity contribution in [1.82, 2.24) is 0 Å². The first-order valence-electron chi connectivity index (χ1n) is 7.12. The number of rotatable bonds is 5. The molecule has 1 saturated carbocycles. The summed E-state index contributed by atoms with van der Waals surface area (Å²) >= 11 is 0. The molecule has 96 valence electrons. The molecule has 1 aliphatic rings. The van der Waals surface area contributed by atoms with Crippen LogP contribution in [0, 0.1) is 17.3 Å². The standard InChI is InChI=1S/C15H30O/c1-5-6-12(2)11-14(16)13-7-9-15(3,4)10-8-13/h12-14,16H,5-11H2,1-4H3. The van der Waals surface area contributed by atoms with Crippen LogP contribution in [0.15, 0.2) is 0 Å². The van der Waals surface area contributed by atoms with E-state index in [0.29, 0.717) is 17.3 Å². The number of aliphatic hydroxyl groups excluding tert-OH is 1. The van der Waals surface area contributed by atoms with Crippen LogP contribution in [-0.2, 0) is 0 Å². The predicted molar refractivity (Wildman–Crippen MR) is 70.4 cm³/mol. The molecule has 2 unspecified atom stereocenters. The van der Waals surface area contributed by atoms with Gasteiger partial charge >= 0.3 is 0 Å². The molecule has 0 aliphatic heterocycles. The maximum Gasteiger partial charge on any atom is 0.0570 e. The van der Waals surface area contributed by atoms with Gasteiger partial charge in [0.25, 0.3) is 0 Å². The zero-order chi connectivity index (χ0) is 12.2. The van der Waals surface area contributed by atoms with E-state index >= 15 is 0 Å². The highest BCUT2D eigenvalue weighted by molar-refractivity contribution is 4.82. The van der Waals surface area contributed by atoms with Crippen LogP contribution in [-0.4, -0.2) is 11.2 Å². The molecular formula is C15H30O. The highest BCUT2D eigenvalue weighted by atomic mass is 16.3. The normalized spacial score (nSPS) is 25.3. The van der Waals surface area contributed by atoms with E-state index in [4.69, 9.17) is 0 Å². The Balaban J connectivity index is 2.30. The second-order valence-electron chi connectivity index (χ2n) is 6.70. The third-order valence-corrected chi connectivity index (χ3v) is 4.35. The predicted octanol–water partition coefficient (Wildman–Crippen LogP) is 4.39. The van der Waals surface area contributed by atoms with Crippen molar-refractivity contribution < 1.29 is 5.11 Å². The van der Waals surface area contributed by atoms with Crippen LogP contribution in [0.5, 0.6) is 0 Å². The molecule has 1 nitrogen and oxygen atoms in total. The number of hydrogen-bond acceptors (Lipinski definition) is 1. The molecule has 1 heteroatoms. The molecule has 1 aliphatic carbocycles. The summed E-state index contributed by atoms with van der Waals surface area (Å²) in [4.78, 5) is 0. The first-order valence-corrected chi connectivity index (χ1v) is 7.12. The molecule has 0 heterocycles. The second kappa shape index (κ2) is 6.05. The van der Waals surface area contributed by atoms with Crippen molar-refractivity contribution in [3.8, 4) is 0 Å². The molecule has 0 bridgehead atoms. The zero-order valence-corrected chi connectivity index (χ0v) is 11.6. The Kier molecular flexibility index (Phi) is 5.30. The van der Waals surface area contributed by atoms with Gasteiger partial charge in [-0.1, -0.05) is 40.5 Å². The van der Waals surface area contributed by atoms with Gasteiger partial charge in [0.2, 0.25) is 0 Å². The summed E-state index contributed by atoms with van der Waals surface area (Å²) in [5.74, 6) is 1.27. The summed E-state index contributed by atoms with van der Waals surface area (Å²) in [6.07, 6.45) is 8.51. The third-order valence-electron chi connectivity index (χ3n) is 4.35. The van der Waals surface area contributed by atoms with E-state index in [1.165, 1.54) is 38.5 Å². The monoisotopic (exact) mass is 226 g/mol. The summed E-state index contributed by atoms with van der Waals surface area (Å²) in [7, 11) is 0. The molecular weight excluding hydrogens is 196 g/mol. The van der Waals surface area contributed by atoms with E-state index in [0.717, 1.165) is 6.42 Å². The topological polar surface area (TPSA) is 20.2 Å². The van der Waals surface area contributed by atoms with E-state index in [1.54, 1.807) is 0 Å². The van der Waals surface area contributed by atoms with Crippen LogP contribution >= 0.6 is 0 Å². The van der Waals surface area contributed by atoms with Crippen molar-refractivity contribution in [2.75, 3.05) is 0 Å². The average molecular weight is 226 g/mol.